The summed E-state index contributed by atoms with van der Waals surface area (Å²) >= 11 is 0. The third-order valence-electron chi connectivity index (χ3n) is 3.23. The number of hydrogen-bond acceptors (Lipinski definition) is 4. The zero-order chi connectivity index (χ0) is 19.0. The fraction of sp³-hybridized carbons (Fsp3) is 0.611. The molecular formula is C18H29F2N3O3. The number of nitrogens with one attached hydrogen (secondary N) is 2. The van der Waals surface area contributed by atoms with Gasteiger partial charge in [0.15, 0.2) is 5.96 Å². The summed E-state index contributed by atoms with van der Waals surface area (Å²) in [5.41, 5.74) is 0.886. The van der Waals surface area contributed by atoms with E-state index in [1.54, 1.807) is 25.3 Å². The molecule has 6 nitrogen and oxygen atoms in total. The second-order valence-corrected chi connectivity index (χ2v) is 5.43. The SMILES string of the molecule is CCNC(=NCc1cccc(OCC(F)F)c1)NCCCOCCOC. The van der Waals surface area contributed by atoms with Crippen LogP contribution in [0.3, 0.4) is 0 Å². The van der Waals surface area contributed by atoms with E-state index in [0.29, 0.717) is 38.1 Å². The van der Waals surface area contributed by atoms with Crippen LogP contribution in [0.4, 0.5) is 8.78 Å². The Balaban J connectivity index is 2.41. The molecule has 0 aliphatic heterocycles. The van der Waals surface area contributed by atoms with Gasteiger partial charge >= 0.3 is 0 Å². The van der Waals surface area contributed by atoms with Crippen molar-refractivity contribution in [1.29, 1.82) is 0 Å². The highest BCUT2D eigenvalue weighted by Gasteiger charge is 2.04. The van der Waals surface area contributed by atoms with E-state index in [0.717, 1.165) is 25.1 Å². The van der Waals surface area contributed by atoms with Gasteiger partial charge in [0.25, 0.3) is 6.43 Å². The van der Waals surface area contributed by atoms with Gasteiger partial charge in [0.05, 0.1) is 19.8 Å². The first-order valence-electron chi connectivity index (χ1n) is 8.74. The van der Waals surface area contributed by atoms with Gasteiger partial charge in [0, 0.05) is 26.8 Å². The van der Waals surface area contributed by atoms with Crippen LogP contribution in [-0.4, -0.2) is 59.0 Å². The molecule has 1 rings (SSSR count). The summed E-state index contributed by atoms with van der Waals surface area (Å²) in [5, 5.41) is 6.40. The molecule has 0 radical (unpaired) electrons. The monoisotopic (exact) mass is 373 g/mol. The summed E-state index contributed by atoms with van der Waals surface area (Å²) in [6.07, 6.45) is -1.63. The van der Waals surface area contributed by atoms with Crippen molar-refractivity contribution in [2.24, 2.45) is 4.99 Å². The molecule has 0 aromatic heterocycles. The zero-order valence-corrected chi connectivity index (χ0v) is 15.5. The molecule has 1 aromatic carbocycles. The third-order valence-corrected chi connectivity index (χ3v) is 3.23. The number of guanidine groups is 1. The van der Waals surface area contributed by atoms with Crippen LogP contribution in [0.15, 0.2) is 29.3 Å². The normalized spacial score (nSPS) is 11.7. The molecule has 2 N–H and O–H groups in total. The summed E-state index contributed by atoms with van der Waals surface area (Å²) in [6, 6.07) is 7.02. The Hall–Kier alpha value is -1.93. The number of hydrogen-bond donors (Lipinski definition) is 2. The van der Waals surface area contributed by atoms with Crippen LogP contribution in [-0.2, 0) is 16.0 Å². The van der Waals surface area contributed by atoms with Crippen LogP contribution in [0.1, 0.15) is 18.9 Å². The van der Waals surface area contributed by atoms with Crippen molar-refractivity contribution in [3.8, 4) is 5.75 Å². The van der Waals surface area contributed by atoms with Crippen LogP contribution in [0.25, 0.3) is 0 Å². The summed E-state index contributed by atoms with van der Waals surface area (Å²) in [5.74, 6) is 1.12. The molecule has 8 heteroatoms. The van der Waals surface area contributed by atoms with E-state index in [1.165, 1.54) is 0 Å². The average Bonchev–Trinajstić information content (AvgIpc) is 2.64. The first-order valence-corrected chi connectivity index (χ1v) is 8.74. The first kappa shape index (κ1) is 22.1. The fourth-order valence-corrected chi connectivity index (χ4v) is 2.03. The molecule has 0 spiro atoms. The van der Waals surface area contributed by atoms with E-state index in [1.807, 2.05) is 13.0 Å². The molecule has 0 aliphatic rings. The Morgan fingerprint density at radius 3 is 2.77 bits per heavy atom. The predicted molar refractivity (Wildman–Crippen MR) is 98.1 cm³/mol. The highest BCUT2D eigenvalue weighted by Crippen LogP contribution is 2.14. The Morgan fingerprint density at radius 1 is 1.19 bits per heavy atom. The Morgan fingerprint density at radius 2 is 2.04 bits per heavy atom. The lowest BCUT2D eigenvalue weighted by molar-refractivity contribution is 0.0698. The van der Waals surface area contributed by atoms with Crippen LogP contribution >= 0.6 is 0 Å². The largest absolute Gasteiger partial charge is 0.488 e. The molecule has 0 unspecified atom stereocenters. The second kappa shape index (κ2) is 14.3. The number of rotatable bonds is 13. The van der Waals surface area contributed by atoms with E-state index >= 15 is 0 Å². The van der Waals surface area contributed by atoms with Crippen molar-refractivity contribution < 1.29 is 23.0 Å². The Kier molecular flexibility index (Phi) is 12.1. The van der Waals surface area contributed by atoms with E-state index in [4.69, 9.17) is 14.2 Å². The molecular weight excluding hydrogens is 344 g/mol. The van der Waals surface area contributed by atoms with E-state index in [-0.39, 0.29) is 0 Å². The van der Waals surface area contributed by atoms with E-state index < -0.39 is 13.0 Å². The lowest BCUT2D eigenvalue weighted by Crippen LogP contribution is -2.38. The lowest BCUT2D eigenvalue weighted by atomic mass is 10.2. The van der Waals surface area contributed by atoms with Crippen molar-refractivity contribution in [2.75, 3.05) is 46.6 Å². The van der Waals surface area contributed by atoms with Gasteiger partial charge in [-0.3, -0.25) is 0 Å². The highest BCUT2D eigenvalue weighted by atomic mass is 19.3. The number of aliphatic imine (C=N–C) groups is 1. The maximum Gasteiger partial charge on any atom is 0.272 e. The molecule has 0 saturated heterocycles. The maximum atomic E-state index is 12.2. The summed E-state index contributed by atoms with van der Waals surface area (Å²) in [7, 11) is 1.64. The zero-order valence-electron chi connectivity index (χ0n) is 15.5. The minimum absolute atomic E-state index is 0.421. The smallest absolute Gasteiger partial charge is 0.272 e. The molecule has 0 amide bonds. The van der Waals surface area contributed by atoms with Gasteiger partial charge in [-0.1, -0.05) is 12.1 Å². The number of benzene rings is 1. The van der Waals surface area contributed by atoms with Gasteiger partial charge < -0.3 is 24.8 Å². The summed E-state index contributed by atoms with van der Waals surface area (Å²) in [6.45, 7) is 5.12. The van der Waals surface area contributed by atoms with Gasteiger partial charge in [-0.15, -0.1) is 0 Å². The molecule has 0 bridgehead atoms. The molecule has 148 valence electrons. The summed E-state index contributed by atoms with van der Waals surface area (Å²) in [4.78, 5) is 4.50. The van der Waals surface area contributed by atoms with E-state index in [9.17, 15) is 8.78 Å². The molecule has 0 fully saturated rings. The van der Waals surface area contributed by atoms with Gasteiger partial charge in [-0.05, 0) is 31.0 Å². The second-order valence-electron chi connectivity index (χ2n) is 5.43. The van der Waals surface area contributed by atoms with Crippen LogP contribution in [0, 0.1) is 0 Å². The van der Waals surface area contributed by atoms with E-state index in [2.05, 4.69) is 15.6 Å². The number of alkyl halides is 2. The molecule has 0 heterocycles. The summed E-state index contributed by atoms with van der Waals surface area (Å²) < 4.78 is 39.8. The standard InChI is InChI=1S/C18H29F2N3O3/c1-3-21-18(22-8-5-9-25-11-10-24-2)23-13-15-6-4-7-16(12-15)26-14-17(19)20/h4,6-7,12,17H,3,5,8-11,13-14H2,1-2H3,(H2,21,22,23). The Bertz CT molecular complexity index is 516. The average molecular weight is 373 g/mol. The third kappa shape index (κ3) is 10.8. The molecule has 26 heavy (non-hydrogen) atoms. The molecule has 0 aliphatic carbocycles. The number of nitrogens with zero attached hydrogens (tertiary/aromatic N) is 1. The fourth-order valence-electron chi connectivity index (χ4n) is 2.03. The molecule has 1 aromatic rings. The van der Waals surface area contributed by atoms with Crippen LogP contribution < -0.4 is 15.4 Å². The van der Waals surface area contributed by atoms with Crippen molar-refractivity contribution >= 4 is 5.96 Å². The number of ether oxygens (including phenoxy) is 3. The van der Waals surface area contributed by atoms with Crippen LogP contribution in [0.5, 0.6) is 5.75 Å². The maximum absolute atomic E-state index is 12.2. The quantitative estimate of drug-likeness (QED) is 0.316. The van der Waals surface area contributed by atoms with Crippen LogP contribution in [0.2, 0.25) is 0 Å². The van der Waals surface area contributed by atoms with Crippen molar-refractivity contribution in [3.05, 3.63) is 29.8 Å². The number of methoxy groups -OCH3 is 1. The molecule has 0 atom stereocenters. The van der Waals surface area contributed by atoms with Gasteiger partial charge in [0.2, 0.25) is 0 Å². The Labute approximate surface area is 153 Å². The van der Waals surface area contributed by atoms with Gasteiger partial charge in [0.1, 0.15) is 12.4 Å². The molecule has 0 saturated carbocycles. The highest BCUT2D eigenvalue weighted by molar-refractivity contribution is 5.79. The van der Waals surface area contributed by atoms with Crippen molar-refractivity contribution in [1.82, 2.24) is 10.6 Å². The first-order chi connectivity index (χ1) is 12.7. The van der Waals surface area contributed by atoms with Gasteiger partial charge in [-0.25, -0.2) is 13.8 Å². The van der Waals surface area contributed by atoms with Crippen molar-refractivity contribution in [3.63, 3.8) is 0 Å². The topological polar surface area (TPSA) is 64.1 Å². The van der Waals surface area contributed by atoms with Crippen molar-refractivity contribution in [2.45, 2.75) is 26.3 Å². The van der Waals surface area contributed by atoms with Gasteiger partial charge in [-0.2, -0.15) is 0 Å². The lowest BCUT2D eigenvalue weighted by Gasteiger charge is -2.12. The minimum atomic E-state index is -2.49. The number of halogens is 2. The predicted octanol–water partition coefficient (Wildman–Crippen LogP) is 2.44. The minimum Gasteiger partial charge on any atom is -0.488 e.